The molecule has 180 valence electrons. The van der Waals surface area contributed by atoms with Gasteiger partial charge in [-0.25, -0.2) is 14.1 Å². The minimum absolute atomic E-state index is 0.00150. The fraction of sp³-hybridized carbons (Fsp3) is 0.320. The lowest BCUT2D eigenvalue weighted by Gasteiger charge is -2.18. The summed E-state index contributed by atoms with van der Waals surface area (Å²) >= 11 is 0. The number of nitriles is 1. The minimum atomic E-state index is -0.567. The zero-order valence-corrected chi connectivity index (χ0v) is 19.6. The number of nitrogens with one attached hydrogen (secondary N) is 2. The van der Waals surface area contributed by atoms with Crippen molar-refractivity contribution in [3.05, 3.63) is 59.2 Å². The fourth-order valence-corrected chi connectivity index (χ4v) is 4.01. The first-order chi connectivity index (χ1) is 17.0. The molecule has 0 unspecified atom stereocenters. The number of pyridine rings is 1. The van der Waals surface area contributed by atoms with Crippen molar-refractivity contribution in [2.75, 3.05) is 24.5 Å². The molecule has 2 aliphatic rings. The monoisotopic (exact) mass is 475 g/mol. The number of aromatic nitrogens is 3. The first kappa shape index (κ1) is 23.9. The summed E-state index contributed by atoms with van der Waals surface area (Å²) in [5, 5.41) is 19.6. The van der Waals surface area contributed by atoms with E-state index in [1.165, 1.54) is 24.6 Å². The van der Waals surface area contributed by atoms with Crippen molar-refractivity contribution in [2.45, 2.75) is 33.2 Å². The summed E-state index contributed by atoms with van der Waals surface area (Å²) in [7, 11) is 0. The topological polar surface area (TPSA) is 116 Å². The maximum Gasteiger partial charge on any atom is 0.255 e. The molecule has 10 heteroatoms. The number of amides is 2. The SMILES string of the molecule is CCC.N#Cc1cccc(F)c1-c1cc(-n2ccc(N3CCNC(=O)CC3)n2)c2c(n1)CNC2=O. The van der Waals surface area contributed by atoms with Gasteiger partial charge in [-0.15, -0.1) is 0 Å². The Morgan fingerprint density at radius 3 is 2.71 bits per heavy atom. The van der Waals surface area contributed by atoms with Gasteiger partial charge in [-0.3, -0.25) is 9.59 Å². The molecule has 4 heterocycles. The van der Waals surface area contributed by atoms with Crippen LogP contribution in [0.3, 0.4) is 0 Å². The summed E-state index contributed by atoms with van der Waals surface area (Å²) in [5.74, 6) is -0.193. The van der Waals surface area contributed by atoms with Crippen molar-refractivity contribution in [2.24, 2.45) is 0 Å². The molecule has 0 atom stereocenters. The van der Waals surface area contributed by atoms with Gasteiger partial charge < -0.3 is 15.5 Å². The zero-order valence-electron chi connectivity index (χ0n) is 19.6. The van der Waals surface area contributed by atoms with Crippen LogP contribution in [-0.4, -0.2) is 46.2 Å². The van der Waals surface area contributed by atoms with Crippen LogP contribution in [-0.2, 0) is 11.3 Å². The number of carbonyl (C=O) groups is 2. The van der Waals surface area contributed by atoms with Gasteiger partial charge in [0.25, 0.3) is 5.91 Å². The molecule has 0 radical (unpaired) electrons. The Kier molecular flexibility index (Phi) is 7.06. The van der Waals surface area contributed by atoms with Crippen LogP contribution in [0.4, 0.5) is 10.2 Å². The first-order valence-electron chi connectivity index (χ1n) is 11.6. The molecule has 2 aromatic heterocycles. The standard InChI is InChI=1S/C22H18FN7O2.C3H8/c23-14-3-1-2-13(11-24)20(14)15-10-17(21-16(27-15)12-26-22(21)32)30-8-4-18(28-30)29-7-5-19(31)25-6-9-29;1-3-2/h1-4,8,10H,5-7,9,12H2,(H,25,31)(H,26,32);3H2,1-2H3. The molecule has 0 spiro atoms. The predicted octanol–water partition coefficient (Wildman–Crippen LogP) is 2.93. The summed E-state index contributed by atoms with van der Waals surface area (Å²) in [5.41, 5.74) is 1.78. The molecule has 0 bridgehead atoms. The predicted molar refractivity (Wildman–Crippen MR) is 128 cm³/mol. The van der Waals surface area contributed by atoms with Gasteiger partial charge in [0, 0.05) is 38.3 Å². The molecule has 2 aliphatic heterocycles. The number of carbonyl (C=O) groups excluding carboxylic acids is 2. The number of fused-ring (bicyclic) bond motifs is 1. The molecular weight excluding hydrogens is 449 g/mol. The van der Waals surface area contributed by atoms with E-state index in [0.29, 0.717) is 48.8 Å². The molecule has 1 aromatic carbocycles. The lowest BCUT2D eigenvalue weighted by molar-refractivity contribution is -0.120. The van der Waals surface area contributed by atoms with Gasteiger partial charge in [0.15, 0.2) is 5.82 Å². The Morgan fingerprint density at radius 1 is 1.14 bits per heavy atom. The summed E-state index contributed by atoms with van der Waals surface area (Å²) in [6, 6.07) is 9.65. The molecule has 0 saturated carbocycles. The lowest BCUT2D eigenvalue weighted by atomic mass is 10.0. The summed E-state index contributed by atoms with van der Waals surface area (Å²) in [6.07, 6.45) is 3.33. The molecular formula is C25H26FN7O2. The Hall–Kier alpha value is -4.26. The van der Waals surface area contributed by atoms with Gasteiger partial charge in [0.2, 0.25) is 5.91 Å². The van der Waals surface area contributed by atoms with Gasteiger partial charge in [0.05, 0.1) is 46.4 Å². The minimum Gasteiger partial charge on any atom is -0.354 e. The third kappa shape index (κ3) is 4.84. The highest BCUT2D eigenvalue weighted by Crippen LogP contribution is 2.31. The number of halogens is 1. The maximum atomic E-state index is 14.7. The second-order valence-electron chi connectivity index (χ2n) is 8.22. The fourth-order valence-electron chi connectivity index (χ4n) is 4.01. The van der Waals surface area contributed by atoms with Crippen molar-refractivity contribution in [1.82, 2.24) is 25.4 Å². The van der Waals surface area contributed by atoms with Crippen molar-refractivity contribution < 1.29 is 14.0 Å². The Labute approximate surface area is 202 Å². The molecule has 1 fully saturated rings. The molecule has 0 aliphatic carbocycles. The smallest absolute Gasteiger partial charge is 0.255 e. The van der Waals surface area contributed by atoms with Gasteiger partial charge >= 0.3 is 0 Å². The van der Waals surface area contributed by atoms with Crippen molar-refractivity contribution in [1.29, 1.82) is 5.26 Å². The van der Waals surface area contributed by atoms with E-state index in [4.69, 9.17) is 0 Å². The van der Waals surface area contributed by atoms with E-state index in [1.807, 2.05) is 11.0 Å². The van der Waals surface area contributed by atoms with Crippen LogP contribution in [0.2, 0.25) is 0 Å². The second-order valence-corrected chi connectivity index (χ2v) is 8.22. The number of hydrogen-bond donors (Lipinski definition) is 2. The zero-order chi connectivity index (χ0) is 24.9. The van der Waals surface area contributed by atoms with Crippen molar-refractivity contribution in [3.63, 3.8) is 0 Å². The third-order valence-corrected chi connectivity index (χ3v) is 5.57. The molecule has 2 N–H and O–H groups in total. The number of anilines is 1. The van der Waals surface area contributed by atoms with Crippen LogP contribution in [0, 0.1) is 17.1 Å². The number of nitrogens with zero attached hydrogens (tertiary/aromatic N) is 5. The highest BCUT2D eigenvalue weighted by atomic mass is 19.1. The Balaban J connectivity index is 0.000000917. The van der Waals surface area contributed by atoms with E-state index >= 15 is 0 Å². The Morgan fingerprint density at radius 2 is 1.94 bits per heavy atom. The van der Waals surface area contributed by atoms with Gasteiger partial charge in [-0.05, 0) is 18.2 Å². The number of benzene rings is 1. The average molecular weight is 476 g/mol. The third-order valence-electron chi connectivity index (χ3n) is 5.57. The normalized spacial score (nSPS) is 14.7. The van der Waals surface area contributed by atoms with E-state index in [1.54, 1.807) is 23.0 Å². The van der Waals surface area contributed by atoms with Gasteiger partial charge in [0.1, 0.15) is 5.82 Å². The van der Waals surface area contributed by atoms with Crippen LogP contribution in [0.5, 0.6) is 0 Å². The van der Waals surface area contributed by atoms with Crippen LogP contribution >= 0.6 is 0 Å². The van der Waals surface area contributed by atoms with Gasteiger partial charge in [-0.1, -0.05) is 26.3 Å². The first-order valence-corrected chi connectivity index (χ1v) is 11.6. The van der Waals surface area contributed by atoms with Gasteiger partial charge in [-0.2, -0.15) is 10.4 Å². The van der Waals surface area contributed by atoms with Crippen molar-refractivity contribution in [3.8, 4) is 23.0 Å². The van der Waals surface area contributed by atoms with E-state index in [9.17, 15) is 19.2 Å². The molecule has 2 amide bonds. The second kappa shape index (κ2) is 10.3. The van der Waals surface area contributed by atoms with Crippen LogP contribution < -0.4 is 15.5 Å². The molecule has 9 nitrogen and oxygen atoms in total. The maximum absolute atomic E-state index is 14.7. The van der Waals surface area contributed by atoms with E-state index < -0.39 is 5.82 Å². The summed E-state index contributed by atoms with van der Waals surface area (Å²) in [4.78, 5) is 30.6. The quantitative estimate of drug-likeness (QED) is 0.602. The molecule has 35 heavy (non-hydrogen) atoms. The highest BCUT2D eigenvalue weighted by molar-refractivity contribution is 6.01. The number of hydrogen-bond acceptors (Lipinski definition) is 6. The summed E-state index contributed by atoms with van der Waals surface area (Å²) in [6.45, 7) is 6.12. The van der Waals surface area contributed by atoms with Crippen molar-refractivity contribution >= 4 is 17.6 Å². The summed E-state index contributed by atoms with van der Waals surface area (Å²) < 4.78 is 16.2. The lowest BCUT2D eigenvalue weighted by Crippen LogP contribution is -2.28. The van der Waals surface area contributed by atoms with E-state index in [2.05, 4.69) is 34.6 Å². The largest absolute Gasteiger partial charge is 0.354 e. The van der Waals surface area contributed by atoms with Crippen LogP contribution in [0.1, 0.15) is 48.3 Å². The Bertz CT molecular complexity index is 1310. The average Bonchev–Trinajstić information content (AvgIpc) is 3.42. The highest BCUT2D eigenvalue weighted by Gasteiger charge is 2.28. The molecule has 3 aromatic rings. The van der Waals surface area contributed by atoms with E-state index in [0.717, 1.165) is 0 Å². The molecule has 1 saturated heterocycles. The van der Waals surface area contributed by atoms with E-state index in [-0.39, 0.29) is 35.2 Å². The van der Waals surface area contributed by atoms with Crippen LogP contribution in [0.25, 0.3) is 16.9 Å². The van der Waals surface area contributed by atoms with Crippen LogP contribution in [0.15, 0.2) is 36.5 Å². The number of rotatable bonds is 3. The molecule has 5 rings (SSSR count).